The molecule has 0 saturated carbocycles. The van der Waals surface area contributed by atoms with Crippen molar-refractivity contribution in [3.05, 3.63) is 78.0 Å². The zero-order valence-electron chi connectivity index (χ0n) is 18.9. The molecule has 0 radical (unpaired) electrons. The number of hydrogen-bond donors (Lipinski definition) is 3. The van der Waals surface area contributed by atoms with Crippen LogP contribution >= 0.6 is 0 Å². The maximum absolute atomic E-state index is 13.1. The van der Waals surface area contributed by atoms with Gasteiger partial charge in [0.2, 0.25) is 21.8 Å². The van der Waals surface area contributed by atoms with E-state index in [2.05, 4.69) is 17.2 Å². The number of benzene rings is 2. The summed E-state index contributed by atoms with van der Waals surface area (Å²) in [5, 5.41) is 4.86. The largest absolute Gasteiger partial charge is 0.368 e. The predicted molar refractivity (Wildman–Crippen MR) is 127 cm³/mol. The van der Waals surface area contributed by atoms with Crippen LogP contribution in [0.15, 0.2) is 71.8 Å². The molecule has 10 heteroatoms. The van der Waals surface area contributed by atoms with Gasteiger partial charge in [-0.25, -0.2) is 8.42 Å². The fourth-order valence-electron chi connectivity index (χ4n) is 3.74. The number of nitrogens with two attached hydrogens (primary N) is 1. The van der Waals surface area contributed by atoms with Crippen LogP contribution in [-0.2, 0) is 30.8 Å². The highest BCUT2D eigenvalue weighted by atomic mass is 32.2. The Labute approximate surface area is 199 Å². The molecule has 2 aromatic carbocycles. The minimum absolute atomic E-state index is 0.0968. The molecular weight excluding hydrogens is 456 g/mol. The highest BCUT2D eigenvalue weighted by molar-refractivity contribution is 7.89. The molecule has 180 valence electrons. The van der Waals surface area contributed by atoms with E-state index >= 15 is 0 Å². The minimum atomic E-state index is -3.89. The van der Waals surface area contributed by atoms with E-state index < -0.39 is 39.8 Å². The van der Waals surface area contributed by atoms with Gasteiger partial charge < -0.3 is 16.4 Å². The Morgan fingerprint density at radius 3 is 2.38 bits per heavy atom. The van der Waals surface area contributed by atoms with Crippen LogP contribution in [0.5, 0.6) is 0 Å². The quantitative estimate of drug-likeness (QED) is 0.456. The van der Waals surface area contributed by atoms with Crippen molar-refractivity contribution in [3.8, 4) is 0 Å². The van der Waals surface area contributed by atoms with Crippen LogP contribution in [0.3, 0.4) is 0 Å². The van der Waals surface area contributed by atoms with E-state index in [1.165, 1.54) is 12.1 Å². The molecular formula is C24H28N4O5S. The fourth-order valence-corrected chi connectivity index (χ4v) is 5.40. The van der Waals surface area contributed by atoms with Gasteiger partial charge in [0, 0.05) is 13.0 Å². The number of carbonyl (C=O) groups excluding carboxylic acids is 3. The molecule has 0 bridgehead atoms. The van der Waals surface area contributed by atoms with Crippen LogP contribution in [0.2, 0.25) is 0 Å². The lowest BCUT2D eigenvalue weighted by atomic mass is 10.1. The first-order chi connectivity index (χ1) is 16.1. The van der Waals surface area contributed by atoms with Gasteiger partial charge in [0.05, 0.1) is 10.6 Å². The third kappa shape index (κ3) is 5.89. The van der Waals surface area contributed by atoms with E-state index in [0.29, 0.717) is 12.8 Å². The molecule has 0 aromatic heterocycles. The molecule has 4 N–H and O–H groups in total. The predicted octanol–water partition coefficient (Wildman–Crippen LogP) is 0.991. The Kier molecular flexibility index (Phi) is 7.85. The van der Waals surface area contributed by atoms with Crippen LogP contribution in [0, 0.1) is 6.92 Å². The summed E-state index contributed by atoms with van der Waals surface area (Å²) in [4.78, 5) is 37.3. The smallest absolute Gasteiger partial charge is 0.267 e. The molecule has 3 amide bonds. The maximum Gasteiger partial charge on any atom is 0.267 e. The molecule has 1 saturated heterocycles. The van der Waals surface area contributed by atoms with E-state index in [0.717, 1.165) is 15.4 Å². The second kappa shape index (κ2) is 10.6. The van der Waals surface area contributed by atoms with Gasteiger partial charge in [-0.05, 0) is 37.5 Å². The summed E-state index contributed by atoms with van der Waals surface area (Å²) in [5.41, 5.74) is 6.83. The lowest BCUT2D eigenvalue weighted by Gasteiger charge is -2.24. The number of carbonyl (C=O) groups is 3. The summed E-state index contributed by atoms with van der Waals surface area (Å²) < 4.78 is 27.3. The molecule has 0 spiro atoms. The monoisotopic (exact) mass is 484 g/mol. The fraction of sp³-hybridized carbons (Fsp3) is 0.292. The zero-order chi connectivity index (χ0) is 24.9. The van der Waals surface area contributed by atoms with Crippen molar-refractivity contribution in [2.75, 3.05) is 6.54 Å². The van der Waals surface area contributed by atoms with Crippen molar-refractivity contribution < 1.29 is 22.8 Å². The van der Waals surface area contributed by atoms with E-state index in [9.17, 15) is 22.8 Å². The van der Waals surface area contributed by atoms with Gasteiger partial charge >= 0.3 is 0 Å². The number of nitrogens with zero attached hydrogens (tertiary/aromatic N) is 1. The topological polar surface area (TPSA) is 139 Å². The highest BCUT2D eigenvalue weighted by Crippen LogP contribution is 2.26. The number of sulfonamides is 1. The molecule has 1 heterocycles. The van der Waals surface area contributed by atoms with Crippen molar-refractivity contribution in [3.63, 3.8) is 0 Å². The summed E-state index contributed by atoms with van der Waals surface area (Å²) in [6, 6.07) is 13.4. The number of aryl methyl sites for hydroxylation is 1. The van der Waals surface area contributed by atoms with Crippen molar-refractivity contribution >= 4 is 27.7 Å². The number of rotatable bonds is 9. The van der Waals surface area contributed by atoms with Gasteiger partial charge in [0.15, 0.2) is 0 Å². The van der Waals surface area contributed by atoms with Crippen LogP contribution in [0.1, 0.15) is 24.0 Å². The Morgan fingerprint density at radius 1 is 1.12 bits per heavy atom. The van der Waals surface area contributed by atoms with Gasteiger partial charge in [-0.1, -0.05) is 54.6 Å². The third-order valence-electron chi connectivity index (χ3n) is 5.61. The molecule has 1 fully saturated rings. The highest BCUT2D eigenvalue weighted by Gasteiger charge is 2.39. The summed E-state index contributed by atoms with van der Waals surface area (Å²) in [5.74, 6) is -2.17. The molecule has 3 rings (SSSR count). The van der Waals surface area contributed by atoms with Crippen LogP contribution in [0.25, 0.3) is 0 Å². The summed E-state index contributed by atoms with van der Waals surface area (Å²) in [6.45, 7) is 5.61. The van der Waals surface area contributed by atoms with Crippen molar-refractivity contribution in [1.29, 1.82) is 0 Å². The maximum atomic E-state index is 13.1. The van der Waals surface area contributed by atoms with Crippen molar-refractivity contribution in [2.45, 2.75) is 43.2 Å². The molecule has 9 nitrogen and oxygen atoms in total. The molecule has 2 aromatic rings. The van der Waals surface area contributed by atoms with Gasteiger partial charge in [-0.15, -0.1) is 0 Å². The van der Waals surface area contributed by atoms with Gasteiger partial charge in [0.25, 0.3) is 5.91 Å². The van der Waals surface area contributed by atoms with Gasteiger partial charge in [-0.2, -0.15) is 4.31 Å². The second-order valence-electron chi connectivity index (χ2n) is 8.17. The van der Waals surface area contributed by atoms with E-state index in [1.54, 1.807) is 36.4 Å². The number of primary amides is 1. The Bertz CT molecular complexity index is 1180. The Morgan fingerprint density at radius 2 is 1.76 bits per heavy atom. The summed E-state index contributed by atoms with van der Waals surface area (Å²) in [7, 11) is -3.89. The first kappa shape index (κ1) is 25.1. The minimum Gasteiger partial charge on any atom is -0.368 e. The Hall–Kier alpha value is -3.50. The summed E-state index contributed by atoms with van der Waals surface area (Å²) in [6.07, 6.45) is 0.987. The van der Waals surface area contributed by atoms with Crippen molar-refractivity contribution in [1.82, 2.24) is 14.9 Å². The Balaban J connectivity index is 1.65. The normalized spacial score (nSPS) is 17.0. The van der Waals surface area contributed by atoms with Crippen molar-refractivity contribution in [2.24, 2.45) is 5.73 Å². The zero-order valence-corrected chi connectivity index (χ0v) is 19.7. The standard InChI is InChI=1S/C24H28N4O5S/c1-16-10-12-19(13-11-16)34(32,33)28-14-6-9-21(28)24(31)26-17(2)23(30)27-20(22(25)29)15-18-7-4-3-5-8-18/h3-5,7-8,10-13,20-21H,2,6,9,14-15H2,1H3,(H2,25,29)(H,26,31)(H,27,30)/t20-,21-/m0/s1. The van der Waals surface area contributed by atoms with Crippen LogP contribution in [-0.4, -0.2) is 49.1 Å². The number of amides is 3. The van der Waals surface area contributed by atoms with Gasteiger partial charge in [0.1, 0.15) is 12.1 Å². The lowest BCUT2D eigenvalue weighted by Crippen LogP contribution is -2.50. The molecule has 1 aliphatic heterocycles. The number of nitrogens with one attached hydrogen (secondary N) is 2. The molecule has 0 aliphatic carbocycles. The second-order valence-corrected chi connectivity index (χ2v) is 10.1. The van der Waals surface area contributed by atoms with Gasteiger partial charge in [-0.3, -0.25) is 14.4 Å². The third-order valence-corrected chi connectivity index (χ3v) is 7.54. The average molecular weight is 485 g/mol. The first-order valence-corrected chi connectivity index (χ1v) is 12.3. The SMILES string of the molecule is C=C(NC(=O)[C@@H]1CCCN1S(=O)(=O)c1ccc(C)cc1)C(=O)N[C@@H](Cc1ccccc1)C(N)=O. The summed E-state index contributed by atoms with van der Waals surface area (Å²) >= 11 is 0. The molecule has 0 unspecified atom stereocenters. The van der Waals surface area contributed by atoms with E-state index in [1.807, 2.05) is 13.0 Å². The lowest BCUT2D eigenvalue weighted by molar-refractivity contribution is -0.127. The number of hydrogen-bond acceptors (Lipinski definition) is 5. The van der Waals surface area contributed by atoms with E-state index in [-0.39, 0.29) is 23.6 Å². The molecule has 34 heavy (non-hydrogen) atoms. The van der Waals surface area contributed by atoms with Crippen LogP contribution in [0.4, 0.5) is 0 Å². The average Bonchev–Trinajstić information content (AvgIpc) is 3.30. The molecule has 1 aliphatic rings. The van der Waals surface area contributed by atoms with Crippen LogP contribution < -0.4 is 16.4 Å². The first-order valence-electron chi connectivity index (χ1n) is 10.8. The van der Waals surface area contributed by atoms with E-state index in [4.69, 9.17) is 5.73 Å². The molecule has 2 atom stereocenters.